The molecule has 0 spiro atoms. The summed E-state index contributed by atoms with van der Waals surface area (Å²) in [5, 5.41) is 8.30. The van der Waals surface area contributed by atoms with Crippen LogP contribution >= 0.6 is 11.3 Å². The molecule has 1 atom stereocenters. The molecule has 65 heavy (non-hydrogen) atoms. The fourth-order valence-electron chi connectivity index (χ4n) is 10.2. The van der Waals surface area contributed by atoms with E-state index in [1.807, 2.05) is 47.7 Å². The van der Waals surface area contributed by atoms with Gasteiger partial charge in [0.05, 0.1) is 0 Å². The lowest BCUT2D eigenvalue weighted by molar-refractivity contribution is 0.667. The first-order chi connectivity index (χ1) is 32.2. The summed E-state index contributed by atoms with van der Waals surface area (Å²) in [4.78, 5) is 10.5. The molecule has 5 heteroatoms. The molecule has 308 valence electrons. The number of nitrogens with zero attached hydrogens (tertiary/aromatic N) is 2. The van der Waals surface area contributed by atoms with E-state index in [-0.39, 0.29) is 5.92 Å². The maximum atomic E-state index is 6.59. The zero-order chi connectivity index (χ0) is 42.8. The van der Waals surface area contributed by atoms with Gasteiger partial charge in [-0.3, -0.25) is 0 Å². The van der Waals surface area contributed by atoms with Gasteiger partial charge < -0.3 is 9.73 Å². The Morgan fingerprint density at radius 1 is 0.446 bits per heavy atom. The molecule has 0 fully saturated rings. The summed E-state index contributed by atoms with van der Waals surface area (Å²) in [6, 6.07) is 74.5. The molecular formula is C60H41N3OS. The third-order valence-corrected chi connectivity index (χ3v) is 14.5. The lowest BCUT2D eigenvalue weighted by atomic mass is 9.84. The van der Waals surface area contributed by atoms with Gasteiger partial charge in [0.2, 0.25) is 0 Å². The van der Waals surface area contributed by atoms with Gasteiger partial charge in [0.25, 0.3) is 0 Å². The number of thiophene rings is 1. The SMILES string of the molecule is c1ccc(C2=NC(c3cccc4oc5ccc(-c6ccc7c(c6)-c6ccc(-c8ccc9c(c8)sc8ccccc89)cc6CCC7c6ccccc6)cc5c34)N=C(c3ccccc3)N2)cc1. The van der Waals surface area contributed by atoms with Crippen molar-refractivity contribution in [1.82, 2.24) is 5.32 Å². The molecule has 13 rings (SSSR count). The standard InChI is InChI=1S/C60H41N3OS/c1-4-13-37(14-5-1)45-29-26-44-33-40(43-25-31-49-48-19-10-11-22-55(48)65-56(49)36-43)23-28-46(44)51-34-41(24-30-47(45)51)42-27-32-53-52(35-42)57-50(20-12-21-54(57)64-53)60-62-58(38-15-6-2-7-16-38)61-59(63-60)39-17-8-3-9-18-39/h1-25,27-28,30-36,45,60H,26,29H2,(H,61,62,63). The number of aliphatic imine (C=N–C) groups is 2. The third-order valence-electron chi connectivity index (χ3n) is 13.4. The average molecular weight is 852 g/mol. The van der Waals surface area contributed by atoms with Crippen LogP contribution in [0.15, 0.2) is 221 Å². The Morgan fingerprint density at radius 2 is 1.09 bits per heavy atom. The zero-order valence-corrected chi connectivity index (χ0v) is 36.2. The smallest absolute Gasteiger partial charge is 0.170 e. The summed E-state index contributed by atoms with van der Waals surface area (Å²) in [6.45, 7) is 0. The minimum absolute atomic E-state index is 0.279. The Bertz CT molecular complexity index is 3640. The number of fused-ring (bicyclic) bond motifs is 9. The van der Waals surface area contributed by atoms with Crippen molar-refractivity contribution in [3.63, 3.8) is 0 Å². The Morgan fingerprint density at radius 3 is 1.89 bits per heavy atom. The fourth-order valence-corrected chi connectivity index (χ4v) is 11.4. The minimum Gasteiger partial charge on any atom is -0.456 e. The van der Waals surface area contributed by atoms with E-state index in [0.717, 1.165) is 68.7 Å². The van der Waals surface area contributed by atoms with Gasteiger partial charge in [-0.1, -0.05) is 170 Å². The summed E-state index contributed by atoms with van der Waals surface area (Å²) in [5.74, 6) is 1.86. The molecule has 2 aliphatic rings. The Balaban J connectivity index is 0.932. The van der Waals surface area contributed by atoms with Crippen LogP contribution in [0.3, 0.4) is 0 Å². The molecule has 1 N–H and O–H groups in total. The van der Waals surface area contributed by atoms with E-state index in [9.17, 15) is 0 Å². The lowest BCUT2D eigenvalue weighted by Crippen LogP contribution is -2.36. The van der Waals surface area contributed by atoms with Crippen LogP contribution in [0, 0.1) is 0 Å². The number of benzene rings is 9. The van der Waals surface area contributed by atoms with Crippen LogP contribution in [-0.2, 0) is 6.42 Å². The van der Waals surface area contributed by atoms with E-state index in [1.165, 1.54) is 64.7 Å². The van der Waals surface area contributed by atoms with E-state index >= 15 is 0 Å². The Hall–Kier alpha value is -7.86. The minimum atomic E-state index is -0.481. The van der Waals surface area contributed by atoms with Crippen molar-refractivity contribution in [2.75, 3.05) is 0 Å². The van der Waals surface area contributed by atoms with Crippen LogP contribution in [0.25, 0.3) is 75.5 Å². The molecule has 0 saturated heterocycles. The molecule has 0 saturated carbocycles. The summed E-state index contributed by atoms with van der Waals surface area (Å²) in [5.41, 5.74) is 16.3. The fraction of sp³-hybridized carbons (Fsp3) is 0.0667. The van der Waals surface area contributed by atoms with E-state index in [4.69, 9.17) is 14.4 Å². The second kappa shape index (κ2) is 15.4. The monoisotopic (exact) mass is 851 g/mol. The van der Waals surface area contributed by atoms with Gasteiger partial charge in [0.15, 0.2) is 6.17 Å². The molecule has 1 aliphatic heterocycles. The second-order valence-electron chi connectivity index (χ2n) is 17.2. The molecule has 11 aromatic rings. The summed E-state index contributed by atoms with van der Waals surface area (Å²) in [7, 11) is 0. The van der Waals surface area contributed by atoms with Gasteiger partial charge in [-0.05, 0) is 99.3 Å². The predicted molar refractivity (Wildman–Crippen MR) is 271 cm³/mol. The Kier molecular flexibility index (Phi) is 8.95. The average Bonchev–Trinajstić information content (AvgIpc) is 3.90. The first-order valence-electron chi connectivity index (χ1n) is 22.4. The van der Waals surface area contributed by atoms with Gasteiger partial charge in [-0.2, -0.15) is 0 Å². The number of rotatable bonds is 6. The summed E-state index contributed by atoms with van der Waals surface area (Å²) < 4.78 is 9.25. The van der Waals surface area contributed by atoms with Crippen LogP contribution in [0.5, 0.6) is 0 Å². The molecule has 0 bridgehead atoms. The molecular weight excluding hydrogens is 811 g/mol. The van der Waals surface area contributed by atoms with E-state index < -0.39 is 6.17 Å². The zero-order valence-electron chi connectivity index (χ0n) is 35.4. The maximum Gasteiger partial charge on any atom is 0.170 e. The largest absolute Gasteiger partial charge is 0.456 e. The van der Waals surface area contributed by atoms with E-state index in [0.29, 0.717) is 0 Å². The van der Waals surface area contributed by atoms with Crippen molar-refractivity contribution < 1.29 is 4.42 Å². The normalized spacial score (nSPS) is 15.0. The van der Waals surface area contributed by atoms with Gasteiger partial charge >= 0.3 is 0 Å². The van der Waals surface area contributed by atoms with Crippen LogP contribution in [0.1, 0.15) is 51.9 Å². The highest BCUT2D eigenvalue weighted by Crippen LogP contribution is 2.46. The van der Waals surface area contributed by atoms with Crippen LogP contribution in [-0.4, -0.2) is 11.7 Å². The summed E-state index contributed by atoms with van der Waals surface area (Å²) >= 11 is 1.88. The van der Waals surface area contributed by atoms with Crippen molar-refractivity contribution >= 4 is 65.1 Å². The second-order valence-corrected chi connectivity index (χ2v) is 18.3. The third kappa shape index (κ3) is 6.58. The Labute approximate surface area is 380 Å². The highest BCUT2D eigenvalue weighted by molar-refractivity contribution is 7.25. The number of hydrogen-bond donors (Lipinski definition) is 1. The van der Waals surface area contributed by atoms with Crippen molar-refractivity contribution in [2.45, 2.75) is 24.9 Å². The topological polar surface area (TPSA) is 49.9 Å². The summed E-state index contributed by atoms with van der Waals surface area (Å²) in [6.07, 6.45) is 1.55. The van der Waals surface area contributed by atoms with E-state index in [1.54, 1.807) is 0 Å². The molecule has 2 aromatic heterocycles. The number of aryl methyl sites for hydroxylation is 1. The molecule has 1 unspecified atom stereocenters. The maximum absolute atomic E-state index is 6.59. The van der Waals surface area contributed by atoms with Gasteiger partial charge in [0, 0.05) is 53.6 Å². The van der Waals surface area contributed by atoms with Gasteiger partial charge in [-0.25, -0.2) is 9.98 Å². The van der Waals surface area contributed by atoms with Crippen LogP contribution in [0.2, 0.25) is 0 Å². The quantitative estimate of drug-likeness (QED) is 0.181. The van der Waals surface area contributed by atoms with Gasteiger partial charge in [-0.15, -0.1) is 11.3 Å². The number of amidine groups is 2. The van der Waals surface area contributed by atoms with Crippen LogP contribution in [0.4, 0.5) is 0 Å². The number of hydrogen-bond acceptors (Lipinski definition) is 5. The molecule has 9 aromatic carbocycles. The van der Waals surface area contributed by atoms with Crippen molar-refractivity contribution in [2.24, 2.45) is 9.98 Å². The highest BCUT2D eigenvalue weighted by atomic mass is 32.1. The van der Waals surface area contributed by atoms with Gasteiger partial charge in [0.1, 0.15) is 22.8 Å². The van der Waals surface area contributed by atoms with Crippen LogP contribution < -0.4 is 5.32 Å². The molecule has 0 amide bonds. The first kappa shape index (κ1) is 37.7. The first-order valence-corrected chi connectivity index (χ1v) is 23.2. The molecule has 0 radical (unpaired) electrons. The molecule has 3 heterocycles. The number of nitrogens with one attached hydrogen (secondary N) is 1. The lowest BCUT2D eigenvalue weighted by Gasteiger charge is -2.22. The highest BCUT2D eigenvalue weighted by Gasteiger charge is 2.27. The van der Waals surface area contributed by atoms with Crippen molar-refractivity contribution in [1.29, 1.82) is 0 Å². The molecule has 1 aliphatic carbocycles. The predicted octanol–water partition coefficient (Wildman–Crippen LogP) is 15.5. The molecule has 4 nitrogen and oxygen atoms in total. The van der Waals surface area contributed by atoms with Crippen molar-refractivity contribution in [3.8, 4) is 33.4 Å². The number of furan rings is 1. The van der Waals surface area contributed by atoms with E-state index in [2.05, 4.69) is 175 Å². The van der Waals surface area contributed by atoms with Crippen molar-refractivity contribution in [3.05, 3.63) is 240 Å².